The number of rotatable bonds is 1. The minimum atomic E-state index is 0.132. The lowest BCUT2D eigenvalue weighted by atomic mass is 10.1. The van der Waals surface area contributed by atoms with Crippen molar-refractivity contribution >= 4 is 5.78 Å². The van der Waals surface area contributed by atoms with E-state index in [2.05, 4.69) is 0 Å². The molecule has 1 saturated heterocycles. The molecule has 0 spiro atoms. The maximum atomic E-state index is 11.2. The number of carbonyl (C=O) groups excluding carboxylic acids is 1. The Balaban J connectivity index is 2.75. The Labute approximate surface area is 67.2 Å². The molecule has 0 aliphatic carbocycles. The molecule has 1 rings (SSSR count). The van der Waals surface area contributed by atoms with Gasteiger partial charge in [0.25, 0.3) is 0 Å². The van der Waals surface area contributed by atoms with Gasteiger partial charge in [-0.1, -0.05) is 6.92 Å². The number of carbonyl (C=O) groups is 1. The van der Waals surface area contributed by atoms with Gasteiger partial charge in [-0.15, -0.1) is 0 Å². The monoisotopic (exact) mass is 154 g/mol. The van der Waals surface area contributed by atoms with Crippen molar-refractivity contribution in [3.63, 3.8) is 0 Å². The summed E-state index contributed by atoms with van der Waals surface area (Å²) in [5.74, 6) is 0.758. The van der Waals surface area contributed by atoms with E-state index >= 15 is 0 Å². The molecule has 1 atom stereocenters. The minimum Gasteiger partial charge on any atom is -0.486 e. The van der Waals surface area contributed by atoms with E-state index in [0.29, 0.717) is 12.2 Å². The molecule has 2 nitrogen and oxygen atoms in total. The van der Waals surface area contributed by atoms with Crippen LogP contribution in [0.25, 0.3) is 0 Å². The standard InChI is InChI=1S/C9H14O2/c1-4-7-5-8(10)9(11-7)6(2)3/h7H,4-5H2,1-3H3/t7-/m0/s1. The Morgan fingerprint density at radius 2 is 2.27 bits per heavy atom. The molecule has 0 saturated carbocycles. The summed E-state index contributed by atoms with van der Waals surface area (Å²) in [4.78, 5) is 11.2. The summed E-state index contributed by atoms with van der Waals surface area (Å²) in [6.07, 6.45) is 1.62. The minimum absolute atomic E-state index is 0.132. The summed E-state index contributed by atoms with van der Waals surface area (Å²) in [7, 11) is 0. The third-order valence-corrected chi connectivity index (χ3v) is 1.86. The molecule has 0 amide bonds. The molecular weight excluding hydrogens is 140 g/mol. The first-order valence-electron chi connectivity index (χ1n) is 4.02. The highest BCUT2D eigenvalue weighted by atomic mass is 16.5. The van der Waals surface area contributed by atoms with E-state index in [1.54, 1.807) is 0 Å². The molecule has 0 radical (unpaired) electrons. The van der Waals surface area contributed by atoms with Gasteiger partial charge in [0, 0.05) is 0 Å². The molecule has 0 aromatic heterocycles. The van der Waals surface area contributed by atoms with Crippen molar-refractivity contribution in [1.82, 2.24) is 0 Å². The van der Waals surface area contributed by atoms with E-state index in [-0.39, 0.29) is 11.9 Å². The van der Waals surface area contributed by atoms with Crippen LogP contribution in [0.3, 0.4) is 0 Å². The summed E-state index contributed by atoms with van der Waals surface area (Å²) in [6, 6.07) is 0. The number of hydrogen-bond donors (Lipinski definition) is 0. The molecule has 11 heavy (non-hydrogen) atoms. The quantitative estimate of drug-likeness (QED) is 0.540. The largest absolute Gasteiger partial charge is 0.486 e. The lowest BCUT2D eigenvalue weighted by Gasteiger charge is -2.05. The van der Waals surface area contributed by atoms with Gasteiger partial charge in [-0.25, -0.2) is 0 Å². The van der Waals surface area contributed by atoms with Gasteiger partial charge < -0.3 is 4.74 Å². The predicted octanol–water partition coefficient (Wildman–Crippen LogP) is 2.05. The lowest BCUT2D eigenvalue weighted by molar-refractivity contribution is -0.115. The number of ketones is 1. The van der Waals surface area contributed by atoms with Gasteiger partial charge in [-0.2, -0.15) is 0 Å². The molecular formula is C9H14O2. The zero-order chi connectivity index (χ0) is 8.43. The summed E-state index contributed by atoms with van der Waals surface area (Å²) < 4.78 is 5.41. The fourth-order valence-corrected chi connectivity index (χ4v) is 1.20. The van der Waals surface area contributed by atoms with Crippen LogP contribution in [0.4, 0.5) is 0 Å². The van der Waals surface area contributed by atoms with Gasteiger partial charge in [-0.3, -0.25) is 4.79 Å². The second kappa shape index (κ2) is 3.07. The van der Waals surface area contributed by atoms with E-state index in [9.17, 15) is 4.79 Å². The van der Waals surface area contributed by atoms with Crippen molar-refractivity contribution in [3.8, 4) is 0 Å². The first-order chi connectivity index (χ1) is 5.15. The molecule has 0 aromatic rings. The van der Waals surface area contributed by atoms with Crippen LogP contribution in [-0.4, -0.2) is 11.9 Å². The SMILES string of the molecule is CC[C@H]1CC(=O)C(=C(C)C)O1. The lowest BCUT2D eigenvalue weighted by Crippen LogP contribution is -2.01. The molecule has 62 valence electrons. The Morgan fingerprint density at radius 1 is 1.64 bits per heavy atom. The van der Waals surface area contributed by atoms with Gasteiger partial charge in [0.2, 0.25) is 5.78 Å². The van der Waals surface area contributed by atoms with Crippen molar-refractivity contribution in [2.45, 2.75) is 39.7 Å². The highest BCUT2D eigenvalue weighted by molar-refractivity contribution is 5.96. The number of ether oxygens (including phenoxy) is 1. The van der Waals surface area contributed by atoms with Crippen molar-refractivity contribution in [2.75, 3.05) is 0 Å². The van der Waals surface area contributed by atoms with E-state index in [4.69, 9.17) is 4.74 Å². The van der Waals surface area contributed by atoms with Crippen LogP contribution >= 0.6 is 0 Å². The van der Waals surface area contributed by atoms with Crippen LogP contribution in [0.5, 0.6) is 0 Å². The molecule has 0 N–H and O–H groups in total. The number of hydrogen-bond acceptors (Lipinski definition) is 2. The molecule has 0 aromatic carbocycles. The molecule has 0 unspecified atom stereocenters. The van der Waals surface area contributed by atoms with Gasteiger partial charge in [0.05, 0.1) is 6.42 Å². The Kier molecular flexibility index (Phi) is 2.32. The van der Waals surface area contributed by atoms with Crippen molar-refractivity contribution in [1.29, 1.82) is 0 Å². The van der Waals surface area contributed by atoms with Crippen LogP contribution in [0.15, 0.2) is 11.3 Å². The highest BCUT2D eigenvalue weighted by Crippen LogP contribution is 2.23. The maximum Gasteiger partial charge on any atom is 0.200 e. The fourth-order valence-electron chi connectivity index (χ4n) is 1.20. The smallest absolute Gasteiger partial charge is 0.200 e. The average molecular weight is 154 g/mol. The third-order valence-electron chi connectivity index (χ3n) is 1.86. The van der Waals surface area contributed by atoms with Crippen molar-refractivity contribution < 1.29 is 9.53 Å². The molecule has 2 heteroatoms. The van der Waals surface area contributed by atoms with Crippen LogP contribution < -0.4 is 0 Å². The summed E-state index contributed by atoms with van der Waals surface area (Å²) in [6.45, 7) is 5.85. The number of allylic oxidation sites excluding steroid dienone is 2. The Morgan fingerprint density at radius 3 is 2.55 bits per heavy atom. The third kappa shape index (κ3) is 1.62. The zero-order valence-corrected chi connectivity index (χ0v) is 7.31. The molecule has 1 heterocycles. The second-order valence-electron chi connectivity index (χ2n) is 3.10. The predicted molar refractivity (Wildman–Crippen MR) is 43.2 cm³/mol. The Bertz CT molecular complexity index is 200. The zero-order valence-electron chi connectivity index (χ0n) is 7.31. The number of Topliss-reactive ketones (excluding diaryl/α,β-unsaturated/α-hetero) is 1. The van der Waals surface area contributed by atoms with Gasteiger partial charge in [0.15, 0.2) is 5.76 Å². The van der Waals surface area contributed by atoms with Crippen LogP contribution in [0.2, 0.25) is 0 Å². The molecule has 0 bridgehead atoms. The van der Waals surface area contributed by atoms with E-state index < -0.39 is 0 Å². The first-order valence-corrected chi connectivity index (χ1v) is 4.02. The van der Waals surface area contributed by atoms with Gasteiger partial charge >= 0.3 is 0 Å². The van der Waals surface area contributed by atoms with E-state index in [1.807, 2.05) is 20.8 Å². The summed E-state index contributed by atoms with van der Waals surface area (Å²) in [5.41, 5.74) is 0.992. The van der Waals surface area contributed by atoms with Crippen molar-refractivity contribution in [3.05, 3.63) is 11.3 Å². The molecule has 1 aliphatic heterocycles. The summed E-state index contributed by atoms with van der Waals surface area (Å²) in [5, 5.41) is 0. The highest BCUT2D eigenvalue weighted by Gasteiger charge is 2.27. The van der Waals surface area contributed by atoms with Crippen molar-refractivity contribution in [2.24, 2.45) is 0 Å². The van der Waals surface area contributed by atoms with E-state index in [0.717, 1.165) is 12.0 Å². The van der Waals surface area contributed by atoms with Crippen LogP contribution in [0, 0.1) is 0 Å². The van der Waals surface area contributed by atoms with Crippen LogP contribution in [0.1, 0.15) is 33.6 Å². The second-order valence-corrected chi connectivity index (χ2v) is 3.10. The topological polar surface area (TPSA) is 26.3 Å². The first kappa shape index (κ1) is 8.31. The van der Waals surface area contributed by atoms with Gasteiger partial charge in [-0.05, 0) is 25.8 Å². The summed E-state index contributed by atoms with van der Waals surface area (Å²) >= 11 is 0. The maximum absolute atomic E-state index is 11.2. The van der Waals surface area contributed by atoms with Crippen LogP contribution in [-0.2, 0) is 9.53 Å². The fraction of sp³-hybridized carbons (Fsp3) is 0.667. The molecule has 1 aliphatic rings. The Hall–Kier alpha value is -0.790. The van der Waals surface area contributed by atoms with E-state index in [1.165, 1.54) is 0 Å². The van der Waals surface area contributed by atoms with Gasteiger partial charge in [0.1, 0.15) is 6.10 Å². The average Bonchev–Trinajstić information content (AvgIpc) is 2.30. The normalized spacial score (nSPS) is 23.7. The molecule has 1 fully saturated rings.